The molecule has 0 spiro atoms. The number of carbonyl (C=O) groups is 1. The highest BCUT2D eigenvalue weighted by atomic mass is 35.5. The lowest BCUT2D eigenvalue weighted by molar-refractivity contribution is -0.155. The molecule has 44 heavy (non-hydrogen) atoms. The summed E-state index contributed by atoms with van der Waals surface area (Å²) in [5, 5.41) is 21.5. The zero-order valence-corrected chi connectivity index (χ0v) is 24.8. The number of ether oxygens (including phenoxy) is 3. The average molecular weight is 625 g/mol. The molecule has 3 aliphatic rings. The number of benzene rings is 2. The van der Waals surface area contributed by atoms with Gasteiger partial charge in [0, 0.05) is 55.6 Å². The Hall–Kier alpha value is -3.53. The average Bonchev–Trinajstić information content (AvgIpc) is 3.63. The normalized spacial score (nSPS) is 24.1. The number of carbonyl (C=O) groups excluding carboxylic acids is 1. The number of halogens is 3. The van der Waals surface area contributed by atoms with E-state index in [2.05, 4.69) is 9.97 Å². The van der Waals surface area contributed by atoms with E-state index < -0.39 is 34.8 Å². The van der Waals surface area contributed by atoms with Crippen LogP contribution in [0.5, 0.6) is 0 Å². The summed E-state index contributed by atoms with van der Waals surface area (Å²) in [7, 11) is 0. The highest BCUT2D eigenvalue weighted by molar-refractivity contribution is 6.30. The number of hydrogen-bond acceptors (Lipinski definition) is 8. The molecule has 6 rings (SSSR count). The van der Waals surface area contributed by atoms with Gasteiger partial charge in [-0.05, 0) is 42.7 Å². The molecule has 1 amide bonds. The van der Waals surface area contributed by atoms with Gasteiger partial charge >= 0.3 is 0 Å². The summed E-state index contributed by atoms with van der Waals surface area (Å²) >= 11 is 6.23. The second-order valence-electron chi connectivity index (χ2n) is 11.3. The maximum Gasteiger partial charge on any atom is 0.257 e. The summed E-state index contributed by atoms with van der Waals surface area (Å²) < 4.78 is 50.8. The van der Waals surface area contributed by atoms with E-state index in [0.717, 1.165) is 6.07 Å². The first-order chi connectivity index (χ1) is 21.1. The van der Waals surface area contributed by atoms with Crippen LogP contribution in [0, 0.1) is 17.1 Å². The molecule has 230 valence electrons. The van der Waals surface area contributed by atoms with Crippen LogP contribution in [0.4, 0.5) is 8.78 Å². The first-order valence-corrected chi connectivity index (χ1v) is 14.9. The molecule has 0 aliphatic carbocycles. The van der Waals surface area contributed by atoms with E-state index in [4.69, 9.17) is 25.8 Å². The summed E-state index contributed by atoms with van der Waals surface area (Å²) in [5.41, 5.74) is -5.54. The molecule has 4 heterocycles. The van der Waals surface area contributed by atoms with Crippen LogP contribution in [0.2, 0.25) is 5.02 Å². The van der Waals surface area contributed by atoms with Gasteiger partial charge in [-0.1, -0.05) is 30.7 Å². The van der Waals surface area contributed by atoms with Crippen molar-refractivity contribution >= 4 is 17.5 Å². The molecule has 3 aliphatic heterocycles. The highest BCUT2D eigenvalue weighted by Crippen LogP contribution is 2.52. The summed E-state index contributed by atoms with van der Waals surface area (Å²) in [6, 6.07) is 11.0. The van der Waals surface area contributed by atoms with Crippen LogP contribution in [-0.4, -0.2) is 64.1 Å². The molecule has 9 nitrogen and oxygen atoms in total. The van der Waals surface area contributed by atoms with Crippen molar-refractivity contribution in [3.8, 4) is 6.07 Å². The van der Waals surface area contributed by atoms with Crippen LogP contribution >= 0.6 is 11.6 Å². The first-order valence-electron chi connectivity index (χ1n) is 14.5. The topological polar surface area (TPSA) is 118 Å². The van der Waals surface area contributed by atoms with Gasteiger partial charge in [0.15, 0.2) is 0 Å². The first kappa shape index (κ1) is 30.5. The molecule has 1 N–H and O–H groups in total. The number of alkyl halides is 1. The lowest BCUT2D eigenvalue weighted by Crippen LogP contribution is -2.51. The number of hydrogen-bond donors (Lipinski definition) is 1. The Morgan fingerprint density at radius 1 is 1.18 bits per heavy atom. The van der Waals surface area contributed by atoms with E-state index in [-0.39, 0.29) is 73.7 Å². The van der Waals surface area contributed by atoms with Crippen LogP contribution in [0.1, 0.15) is 71.0 Å². The van der Waals surface area contributed by atoms with Crippen molar-refractivity contribution in [3.63, 3.8) is 0 Å². The maximum absolute atomic E-state index is 16.8. The second kappa shape index (κ2) is 11.8. The minimum atomic E-state index is -2.09. The van der Waals surface area contributed by atoms with Gasteiger partial charge in [-0.3, -0.25) is 9.69 Å². The van der Waals surface area contributed by atoms with Crippen molar-refractivity contribution in [2.75, 3.05) is 26.4 Å². The third-order valence-electron chi connectivity index (χ3n) is 8.90. The highest BCUT2D eigenvalue weighted by Gasteiger charge is 2.58. The quantitative estimate of drug-likeness (QED) is 0.375. The molecule has 12 heteroatoms. The molecule has 3 aromatic rings. The molecule has 0 saturated carbocycles. The lowest BCUT2D eigenvalue weighted by atomic mass is 9.72. The summed E-state index contributed by atoms with van der Waals surface area (Å²) in [4.78, 5) is 24.3. The van der Waals surface area contributed by atoms with Gasteiger partial charge in [0.25, 0.3) is 5.91 Å². The number of nitrogens with zero attached hydrogens (tertiary/aromatic N) is 4. The molecule has 2 saturated heterocycles. The van der Waals surface area contributed by atoms with Crippen molar-refractivity contribution in [2.45, 2.75) is 62.3 Å². The molecular weight excluding hydrogens is 594 g/mol. The molecule has 0 radical (unpaired) electrons. The lowest BCUT2D eigenvalue weighted by Gasteiger charge is -2.44. The van der Waals surface area contributed by atoms with Crippen LogP contribution in [-0.2, 0) is 32.1 Å². The zero-order valence-electron chi connectivity index (χ0n) is 24.1. The van der Waals surface area contributed by atoms with Crippen LogP contribution in [0.15, 0.2) is 48.8 Å². The van der Waals surface area contributed by atoms with Gasteiger partial charge < -0.3 is 19.3 Å². The Kier molecular flexibility index (Phi) is 8.15. The second-order valence-corrected chi connectivity index (χ2v) is 11.8. The van der Waals surface area contributed by atoms with E-state index >= 15 is 8.78 Å². The van der Waals surface area contributed by atoms with Gasteiger partial charge in [-0.2, -0.15) is 5.26 Å². The Labute approximate surface area is 258 Å². The number of fused-ring (bicyclic) bond motifs is 1. The minimum absolute atomic E-state index is 0.0420. The standard InChI is InChI=1S/C32H31ClF2N4O5/c1-2-31(41,30(35)8-11-42-12-9-30)22-13-25-28(26(34)14-22)32(44-24-7-10-43-19-24,21-3-5-23(33)6-4-21)39(29(25)40)18-27-37-16-20(15-36)17-38-27/h3-6,13-14,16-17,24,41H,2,7-12,18-19H2,1H3/t24-,31-,32+/m0/s1. The van der Waals surface area contributed by atoms with Crippen molar-refractivity contribution in [1.29, 1.82) is 5.26 Å². The predicted octanol–water partition coefficient (Wildman–Crippen LogP) is 4.92. The monoisotopic (exact) mass is 624 g/mol. The Bertz CT molecular complexity index is 1590. The van der Waals surface area contributed by atoms with Crippen molar-refractivity contribution in [1.82, 2.24) is 14.9 Å². The van der Waals surface area contributed by atoms with E-state index in [9.17, 15) is 15.2 Å². The minimum Gasteiger partial charge on any atom is -0.382 e. The summed E-state index contributed by atoms with van der Waals surface area (Å²) in [6.45, 7) is 2.28. The predicted molar refractivity (Wildman–Crippen MR) is 154 cm³/mol. The van der Waals surface area contributed by atoms with E-state index in [1.54, 1.807) is 31.2 Å². The molecular formula is C32H31ClF2N4O5. The van der Waals surface area contributed by atoms with Crippen LogP contribution in [0.3, 0.4) is 0 Å². The smallest absolute Gasteiger partial charge is 0.257 e. The summed E-state index contributed by atoms with van der Waals surface area (Å²) in [5.74, 6) is -1.28. The van der Waals surface area contributed by atoms with Crippen molar-refractivity contribution in [3.05, 3.63) is 93.3 Å². The molecule has 2 fully saturated rings. The van der Waals surface area contributed by atoms with Gasteiger partial charge in [0.2, 0.25) is 5.72 Å². The number of nitriles is 1. The molecule has 3 atom stereocenters. The number of amides is 1. The van der Waals surface area contributed by atoms with Crippen molar-refractivity contribution < 1.29 is 32.9 Å². The third kappa shape index (κ3) is 4.95. The number of aromatic nitrogens is 2. The summed E-state index contributed by atoms with van der Waals surface area (Å²) in [6.07, 6.45) is 2.45. The molecule has 1 aromatic heterocycles. The van der Waals surface area contributed by atoms with Crippen LogP contribution < -0.4 is 0 Å². The largest absolute Gasteiger partial charge is 0.382 e. The van der Waals surface area contributed by atoms with Crippen LogP contribution in [0.25, 0.3) is 0 Å². The zero-order chi connectivity index (χ0) is 31.1. The van der Waals surface area contributed by atoms with E-state index in [1.165, 1.54) is 23.4 Å². The Balaban J connectivity index is 1.56. The van der Waals surface area contributed by atoms with Gasteiger partial charge in [-0.25, -0.2) is 18.7 Å². The maximum atomic E-state index is 16.8. The molecule has 2 aromatic carbocycles. The van der Waals surface area contributed by atoms with E-state index in [1.807, 2.05) is 6.07 Å². The number of rotatable bonds is 8. The van der Waals surface area contributed by atoms with Gasteiger partial charge in [-0.15, -0.1) is 0 Å². The molecule has 0 bridgehead atoms. The Morgan fingerprint density at radius 2 is 1.89 bits per heavy atom. The fourth-order valence-corrected chi connectivity index (χ4v) is 6.63. The third-order valence-corrected chi connectivity index (χ3v) is 9.15. The molecule has 0 unspecified atom stereocenters. The van der Waals surface area contributed by atoms with Crippen molar-refractivity contribution in [2.24, 2.45) is 0 Å². The SMILES string of the molecule is CC[C@](O)(c1cc(F)c2c(c1)C(=O)N(Cc1ncc(C#N)cn1)[C@@]2(O[C@H]1CCOC1)c1ccc(Cl)cc1)C1(F)CCOCC1. The van der Waals surface area contributed by atoms with Gasteiger partial charge in [0.05, 0.1) is 35.9 Å². The fraction of sp³-hybridized carbons (Fsp3) is 0.438. The Morgan fingerprint density at radius 3 is 2.50 bits per heavy atom. The van der Waals surface area contributed by atoms with Gasteiger partial charge in [0.1, 0.15) is 29.0 Å². The number of aliphatic hydroxyl groups is 1. The van der Waals surface area contributed by atoms with E-state index in [0.29, 0.717) is 23.6 Å². The fourth-order valence-electron chi connectivity index (χ4n) is 6.50.